The second-order valence-corrected chi connectivity index (χ2v) is 4.60. The average Bonchev–Trinajstić information content (AvgIpc) is 2.56. The van der Waals surface area contributed by atoms with Crippen molar-refractivity contribution in [3.8, 4) is 0 Å². The Balaban J connectivity index is 2.41. The lowest BCUT2D eigenvalue weighted by Gasteiger charge is -2.22. The molecule has 0 spiro atoms. The fraction of sp³-hybridized carbons (Fsp3) is 0.909. The van der Waals surface area contributed by atoms with Crippen LogP contribution in [0.15, 0.2) is 0 Å². The van der Waals surface area contributed by atoms with Crippen LogP contribution < -0.4 is 0 Å². The molecule has 0 aromatic heterocycles. The van der Waals surface area contributed by atoms with E-state index < -0.39 is 0 Å². The molecule has 1 aliphatic heterocycles. The van der Waals surface area contributed by atoms with E-state index in [0.29, 0.717) is 24.2 Å². The first-order valence-corrected chi connectivity index (χ1v) is 6.23. The highest BCUT2D eigenvalue weighted by Gasteiger charge is 2.29. The van der Waals surface area contributed by atoms with Crippen LogP contribution in [0.3, 0.4) is 0 Å². The van der Waals surface area contributed by atoms with E-state index in [0.717, 1.165) is 18.8 Å². The number of rotatable bonds is 5. The quantitative estimate of drug-likeness (QED) is 0.697. The van der Waals surface area contributed by atoms with Crippen molar-refractivity contribution < 1.29 is 4.79 Å². The second kappa shape index (κ2) is 5.64. The van der Waals surface area contributed by atoms with Crippen LogP contribution in [-0.2, 0) is 4.79 Å². The fourth-order valence-corrected chi connectivity index (χ4v) is 2.26. The van der Waals surface area contributed by atoms with Gasteiger partial charge in [0.2, 0.25) is 5.91 Å². The summed E-state index contributed by atoms with van der Waals surface area (Å²) >= 11 is 4.25. The van der Waals surface area contributed by atoms with E-state index in [1.54, 1.807) is 0 Å². The summed E-state index contributed by atoms with van der Waals surface area (Å²) in [6.07, 6.45) is 3.06. The summed E-state index contributed by atoms with van der Waals surface area (Å²) in [7, 11) is 0. The zero-order valence-corrected chi connectivity index (χ0v) is 10.1. The molecule has 1 unspecified atom stereocenters. The van der Waals surface area contributed by atoms with Gasteiger partial charge in [-0.2, -0.15) is 12.6 Å². The second-order valence-electron chi connectivity index (χ2n) is 4.23. The summed E-state index contributed by atoms with van der Waals surface area (Å²) in [5.74, 6) is 2.33. The highest BCUT2D eigenvalue weighted by Crippen LogP contribution is 2.21. The predicted molar refractivity (Wildman–Crippen MR) is 62.6 cm³/mol. The van der Waals surface area contributed by atoms with Crippen LogP contribution >= 0.6 is 12.6 Å². The zero-order chi connectivity index (χ0) is 10.6. The van der Waals surface area contributed by atoms with Gasteiger partial charge < -0.3 is 4.90 Å². The molecule has 0 aromatic rings. The van der Waals surface area contributed by atoms with Gasteiger partial charge in [0.1, 0.15) is 0 Å². The SMILES string of the molecule is CCC(CC)CN1CC(CS)CC1=O. The van der Waals surface area contributed by atoms with Crippen LogP contribution in [0.2, 0.25) is 0 Å². The normalized spacial score (nSPS) is 22.4. The number of hydrogen-bond donors (Lipinski definition) is 1. The van der Waals surface area contributed by atoms with E-state index in [-0.39, 0.29) is 0 Å². The molecule has 1 fully saturated rings. The smallest absolute Gasteiger partial charge is 0.222 e. The third-order valence-electron chi connectivity index (χ3n) is 3.19. The van der Waals surface area contributed by atoms with Crippen LogP contribution in [0.1, 0.15) is 33.1 Å². The zero-order valence-electron chi connectivity index (χ0n) is 9.20. The number of hydrogen-bond acceptors (Lipinski definition) is 2. The van der Waals surface area contributed by atoms with Gasteiger partial charge in [-0.05, 0) is 17.6 Å². The molecule has 3 heteroatoms. The van der Waals surface area contributed by atoms with Gasteiger partial charge in [-0.1, -0.05) is 26.7 Å². The number of carbonyl (C=O) groups is 1. The van der Waals surface area contributed by atoms with E-state index >= 15 is 0 Å². The molecule has 82 valence electrons. The highest BCUT2D eigenvalue weighted by atomic mass is 32.1. The molecule has 0 bridgehead atoms. The molecule has 0 saturated carbocycles. The Morgan fingerprint density at radius 2 is 2.14 bits per heavy atom. The Bertz CT molecular complexity index is 192. The van der Waals surface area contributed by atoms with E-state index in [4.69, 9.17) is 0 Å². The maximum absolute atomic E-state index is 11.6. The molecule has 1 aliphatic rings. The molecular formula is C11H21NOS. The molecule has 0 aliphatic carbocycles. The van der Waals surface area contributed by atoms with Gasteiger partial charge in [-0.25, -0.2) is 0 Å². The molecule has 0 radical (unpaired) electrons. The molecule has 2 nitrogen and oxygen atoms in total. The molecule has 1 atom stereocenters. The number of likely N-dealkylation sites (tertiary alicyclic amines) is 1. The maximum Gasteiger partial charge on any atom is 0.222 e. The first-order chi connectivity index (χ1) is 6.71. The van der Waals surface area contributed by atoms with Crippen LogP contribution in [0.5, 0.6) is 0 Å². The topological polar surface area (TPSA) is 20.3 Å². The summed E-state index contributed by atoms with van der Waals surface area (Å²) < 4.78 is 0. The summed E-state index contributed by atoms with van der Waals surface area (Å²) in [4.78, 5) is 13.6. The van der Waals surface area contributed by atoms with Crippen molar-refractivity contribution in [2.75, 3.05) is 18.8 Å². The third-order valence-corrected chi connectivity index (χ3v) is 3.70. The average molecular weight is 215 g/mol. The van der Waals surface area contributed by atoms with Crippen molar-refractivity contribution >= 4 is 18.5 Å². The molecule has 0 aromatic carbocycles. The molecular weight excluding hydrogens is 194 g/mol. The van der Waals surface area contributed by atoms with Crippen LogP contribution in [0.25, 0.3) is 0 Å². The largest absolute Gasteiger partial charge is 0.342 e. The Morgan fingerprint density at radius 3 is 2.57 bits per heavy atom. The van der Waals surface area contributed by atoms with Gasteiger partial charge in [0, 0.05) is 19.5 Å². The lowest BCUT2D eigenvalue weighted by molar-refractivity contribution is -0.128. The first kappa shape index (κ1) is 11.9. The maximum atomic E-state index is 11.6. The van der Waals surface area contributed by atoms with Crippen molar-refractivity contribution in [1.29, 1.82) is 0 Å². The van der Waals surface area contributed by atoms with E-state index in [9.17, 15) is 4.79 Å². The van der Waals surface area contributed by atoms with Crippen molar-refractivity contribution in [3.63, 3.8) is 0 Å². The minimum Gasteiger partial charge on any atom is -0.342 e. The summed E-state index contributed by atoms with van der Waals surface area (Å²) in [5.41, 5.74) is 0. The van der Waals surface area contributed by atoms with Crippen LogP contribution in [-0.4, -0.2) is 29.6 Å². The monoisotopic (exact) mass is 215 g/mol. The molecule has 1 rings (SSSR count). The van der Waals surface area contributed by atoms with Gasteiger partial charge >= 0.3 is 0 Å². The van der Waals surface area contributed by atoms with Gasteiger partial charge in [0.05, 0.1) is 0 Å². The first-order valence-electron chi connectivity index (χ1n) is 5.59. The summed E-state index contributed by atoms with van der Waals surface area (Å²) in [6, 6.07) is 0. The van der Waals surface area contributed by atoms with E-state index in [1.807, 2.05) is 4.90 Å². The predicted octanol–water partition coefficient (Wildman–Crippen LogP) is 2.20. The van der Waals surface area contributed by atoms with E-state index in [2.05, 4.69) is 26.5 Å². The molecule has 1 amide bonds. The molecule has 0 N–H and O–H groups in total. The van der Waals surface area contributed by atoms with Crippen LogP contribution in [0.4, 0.5) is 0 Å². The Kier molecular flexibility index (Phi) is 4.79. The summed E-state index contributed by atoms with van der Waals surface area (Å²) in [6.45, 7) is 6.28. The van der Waals surface area contributed by atoms with Crippen LogP contribution in [0, 0.1) is 11.8 Å². The number of nitrogens with zero attached hydrogens (tertiary/aromatic N) is 1. The van der Waals surface area contributed by atoms with Gasteiger partial charge in [0.15, 0.2) is 0 Å². The fourth-order valence-electron chi connectivity index (χ4n) is 2.01. The van der Waals surface area contributed by atoms with Gasteiger partial charge in [-0.15, -0.1) is 0 Å². The lowest BCUT2D eigenvalue weighted by Crippen LogP contribution is -2.30. The standard InChI is InChI=1S/C11H21NOS/c1-3-9(4-2)6-12-7-10(8-14)5-11(12)13/h9-10,14H,3-8H2,1-2H3. The van der Waals surface area contributed by atoms with Crippen molar-refractivity contribution in [2.45, 2.75) is 33.1 Å². The number of thiol groups is 1. The molecule has 14 heavy (non-hydrogen) atoms. The Hall–Kier alpha value is -0.180. The van der Waals surface area contributed by atoms with Gasteiger partial charge in [-0.3, -0.25) is 4.79 Å². The van der Waals surface area contributed by atoms with E-state index in [1.165, 1.54) is 12.8 Å². The van der Waals surface area contributed by atoms with Crippen molar-refractivity contribution in [1.82, 2.24) is 4.90 Å². The van der Waals surface area contributed by atoms with Gasteiger partial charge in [0.25, 0.3) is 0 Å². The number of amides is 1. The Labute approximate surface area is 92.5 Å². The minimum atomic E-state index is 0.330. The molecule has 1 heterocycles. The number of carbonyl (C=O) groups excluding carboxylic acids is 1. The molecule has 1 saturated heterocycles. The minimum absolute atomic E-state index is 0.330. The van der Waals surface area contributed by atoms with Crippen molar-refractivity contribution in [2.24, 2.45) is 11.8 Å². The summed E-state index contributed by atoms with van der Waals surface area (Å²) in [5, 5.41) is 0. The highest BCUT2D eigenvalue weighted by molar-refractivity contribution is 7.80. The van der Waals surface area contributed by atoms with Crippen molar-refractivity contribution in [3.05, 3.63) is 0 Å². The Morgan fingerprint density at radius 1 is 1.50 bits per heavy atom. The third kappa shape index (κ3) is 2.91. The lowest BCUT2D eigenvalue weighted by atomic mass is 10.0.